The minimum Gasteiger partial charge on any atom is -0.0622 e. The summed E-state index contributed by atoms with van der Waals surface area (Å²) in [6, 6.07) is 0. The van der Waals surface area contributed by atoms with Crippen molar-refractivity contribution < 1.29 is 0 Å². The van der Waals surface area contributed by atoms with Crippen LogP contribution in [0.3, 0.4) is 0 Å². The fourth-order valence-electron chi connectivity index (χ4n) is 1.70. The SMILES string of the molecule is [CH2]C(C)C1CCCCC1. The van der Waals surface area contributed by atoms with Crippen LogP contribution in [0.1, 0.15) is 39.0 Å². The summed E-state index contributed by atoms with van der Waals surface area (Å²) in [5.41, 5.74) is 0. The maximum absolute atomic E-state index is 4.06. The van der Waals surface area contributed by atoms with Crippen LogP contribution in [0.25, 0.3) is 0 Å². The summed E-state index contributed by atoms with van der Waals surface area (Å²) < 4.78 is 0. The molecule has 1 radical (unpaired) electrons. The van der Waals surface area contributed by atoms with Crippen molar-refractivity contribution in [2.75, 3.05) is 0 Å². The molecular formula is C9H17. The first-order valence-electron chi connectivity index (χ1n) is 4.14. The van der Waals surface area contributed by atoms with Crippen LogP contribution < -0.4 is 0 Å². The summed E-state index contributed by atoms with van der Waals surface area (Å²) in [4.78, 5) is 0. The maximum atomic E-state index is 4.06. The molecule has 0 aromatic rings. The molecule has 0 aromatic carbocycles. The zero-order valence-corrected chi connectivity index (χ0v) is 6.40. The second-order valence-electron chi connectivity index (χ2n) is 3.38. The highest BCUT2D eigenvalue weighted by molar-refractivity contribution is 4.71. The Kier molecular flexibility index (Phi) is 2.56. The minimum atomic E-state index is 0.685. The molecule has 1 aliphatic carbocycles. The number of hydrogen-bond donors (Lipinski definition) is 0. The van der Waals surface area contributed by atoms with Crippen molar-refractivity contribution >= 4 is 0 Å². The van der Waals surface area contributed by atoms with Gasteiger partial charge in [0.15, 0.2) is 0 Å². The smallest absolute Gasteiger partial charge is 0.0388 e. The van der Waals surface area contributed by atoms with Crippen LogP contribution in [0, 0.1) is 18.8 Å². The first-order chi connectivity index (χ1) is 4.30. The van der Waals surface area contributed by atoms with Crippen LogP contribution >= 0.6 is 0 Å². The van der Waals surface area contributed by atoms with Crippen LogP contribution in [-0.2, 0) is 0 Å². The molecule has 0 aliphatic heterocycles. The molecule has 1 atom stereocenters. The van der Waals surface area contributed by atoms with Gasteiger partial charge in [-0.1, -0.05) is 46.0 Å². The lowest BCUT2D eigenvalue weighted by atomic mass is 9.82. The lowest BCUT2D eigenvalue weighted by molar-refractivity contribution is 0.298. The van der Waals surface area contributed by atoms with Gasteiger partial charge in [-0.25, -0.2) is 0 Å². The molecule has 0 N–H and O–H groups in total. The van der Waals surface area contributed by atoms with E-state index in [1.54, 1.807) is 0 Å². The Hall–Kier alpha value is 0. The third-order valence-corrected chi connectivity index (χ3v) is 2.45. The molecule has 0 heteroatoms. The summed E-state index contributed by atoms with van der Waals surface area (Å²) in [6.07, 6.45) is 7.23. The van der Waals surface area contributed by atoms with Crippen LogP contribution in [0.15, 0.2) is 0 Å². The fraction of sp³-hybridized carbons (Fsp3) is 0.889. The third-order valence-electron chi connectivity index (χ3n) is 2.45. The Morgan fingerprint density at radius 3 is 2.11 bits per heavy atom. The van der Waals surface area contributed by atoms with Crippen molar-refractivity contribution in [1.29, 1.82) is 0 Å². The van der Waals surface area contributed by atoms with Gasteiger partial charge >= 0.3 is 0 Å². The van der Waals surface area contributed by atoms with Crippen molar-refractivity contribution in [3.8, 4) is 0 Å². The van der Waals surface area contributed by atoms with E-state index in [9.17, 15) is 0 Å². The van der Waals surface area contributed by atoms with Crippen LogP contribution in [0.5, 0.6) is 0 Å². The molecule has 0 nitrogen and oxygen atoms in total. The van der Waals surface area contributed by atoms with Gasteiger partial charge in [-0.2, -0.15) is 0 Å². The quantitative estimate of drug-likeness (QED) is 0.505. The van der Waals surface area contributed by atoms with Crippen molar-refractivity contribution in [2.45, 2.75) is 39.0 Å². The average Bonchev–Trinajstić information content (AvgIpc) is 1.90. The molecule has 53 valence electrons. The number of hydrogen-bond acceptors (Lipinski definition) is 0. The Labute approximate surface area is 58.7 Å². The third kappa shape index (κ3) is 2.00. The highest BCUT2D eigenvalue weighted by Crippen LogP contribution is 2.28. The molecule has 0 heterocycles. The minimum absolute atomic E-state index is 0.685. The van der Waals surface area contributed by atoms with Crippen molar-refractivity contribution in [1.82, 2.24) is 0 Å². The van der Waals surface area contributed by atoms with Crippen LogP contribution in [-0.4, -0.2) is 0 Å². The first-order valence-corrected chi connectivity index (χ1v) is 4.14. The number of rotatable bonds is 1. The van der Waals surface area contributed by atoms with Gasteiger partial charge in [0.1, 0.15) is 0 Å². The molecule has 9 heavy (non-hydrogen) atoms. The zero-order valence-electron chi connectivity index (χ0n) is 6.40. The van der Waals surface area contributed by atoms with Gasteiger partial charge in [0.25, 0.3) is 0 Å². The van der Waals surface area contributed by atoms with Crippen LogP contribution in [0.4, 0.5) is 0 Å². The monoisotopic (exact) mass is 125 g/mol. The molecule has 1 fully saturated rings. The second kappa shape index (κ2) is 3.24. The van der Waals surface area contributed by atoms with Crippen LogP contribution in [0.2, 0.25) is 0 Å². The van der Waals surface area contributed by atoms with E-state index in [0.29, 0.717) is 5.92 Å². The van der Waals surface area contributed by atoms with E-state index in [-0.39, 0.29) is 0 Å². The van der Waals surface area contributed by atoms with Gasteiger partial charge in [-0.15, -0.1) is 0 Å². The molecule has 0 spiro atoms. The summed E-state index contributed by atoms with van der Waals surface area (Å²) in [6.45, 7) is 6.31. The molecule has 0 amide bonds. The Bertz CT molecular complexity index is 68.1. The Balaban J connectivity index is 2.23. The normalized spacial score (nSPS) is 23.0. The van der Waals surface area contributed by atoms with Crippen molar-refractivity contribution in [3.05, 3.63) is 6.92 Å². The van der Waals surface area contributed by atoms with E-state index in [0.717, 1.165) is 5.92 Å². The predicted octanol–water partition coefficient (Wildman–Crippen LogP) is 3.04. The van der Waals surface area contributed by atoms with Crippen molar-refractivity contribution in [3.63, 3.8) is 0 Å². The molecule has 0 bridgehead atoms. The largest absolute Gasteiger partial charge is 0.0622 e. The van der Waals surface area contributed by atoms with E-state index in [2.05, 4.69) is 13.8 Å². The van der Waals surface area contributed by atoms with E-state index < -0.39 is 0 Å². The lowest BCUT2D eigenvalue weighted by Crippen LogP contribution is -2.12. The van der Waals surface area contributed by atoms with Crippen molar-refractivity contribution in [2.24, 2.45) is 11.8 Å². The summed E-state index contributed by atoms with van der Waals surface area (Å²) in [5.74, 6) is 1.63. The summed E-state index contributed by atoms with van der Waals surface area (Å²) in [5, 5.41) is 0. The Morgan fingerprint density at radius 1 is 1.22 bits per heavy atom. The molecule has 0 saturated heterocycles. The molecule has 1 unspecified atom stereocenters. The highest BCUT2D eigenvalue weighted by Gasteiger charge is 2.15. The second-order valence-corrected chi connectivity index (χ2v) is 3.38. The fourth-order valence-corrected chi connectivity index (χ4v) is 1.70. The van der Waals surface area contributed by atoms with Gasteiger partial charge in [0, 0.05) is 0 Å². The first kappa shape index (κ1) is 7.11. The molecule has 1 rings (SSSR count). The van der Waals surface area contributed by atoms with E-state index in [4.69, 9.17) is 0 Å². The summed E-state index contributed by atoms with van der Waals surface area (Å²) in [7, 11) is 0. The molecule has 0 aromatic heterocycles. The Morgan fingerprint density at radius 2 is 1.78 bits per heavy atom. The zero-order chi connectivity index (χ0) is 6.69. The topological polar surface area (TPSA) is 0 Å². The van der Waals surface area contributed by atoms with E-state index in [1.807, 2.05) is 0 Å². The lowest BCUT2D eigenvalue weighted by Gasteiger charge is -2.24. The maximum Gasteiger partial charge on any atom is -0.0388 e. The van der Waals surface area contributed by atoms with Gasteiger partial charge in [0.05, 0.1) is 0 Å². The van der Waals surface area contributed by atoms with Gasteiger partial charge in [-0.3, -0.25) is 0 Å². The standard InChI is InChI=1S/C9H17/c1-8(2)9-6-4-3-5-7-9/h8-9H,1,3-7H2,2H3. The van der Waals surface area contributed by atoms with E-state index >= 15 is 0 Å². The average molecular weight is 125 g/mol. The van der Waals surface area contributed by atoms with E-state index in [1.165, 1.54) is 32.1 Å². The van der Waals surface area contributed by atoms with Gasteiger partial charge in [0.2, 0.25) is 0 Å². The summed E-state index contributed by atoms with van der Waals surface area (Å²) >= 11 is 0. The highest BCUT2D eigenvalue weighted by atomic mass is 14.2. The molecule has 1 aliphatic rings. The van der Waals surface area contributed by atoms with Gasteiger partial charge in [-0.05, 0) is 11.8 Å². The van der Waals surface area contributed by atoms with Gasteiger partial charge < -0.3 is 0 Å². The molecule has 1 saturated carbocycles. The predicted molar refractivity (Wildman–Crippen MR) is 41.1 cm³/mol. The molecular weight excluding hydrogens is 108 g/mol.